The molecular weight excluding hydrogens is 313 g/mol. The monoisotopic (exact) mass is 324 g/mol. The number of nitrogens with zero attached hydrogens (tertiary/aromatic N) is 4. The molecule has 0 unspecified atom stereocenters. The maximum atomic E-state index is 12.9. The Hall–Kier alpha value is -1.77. The SMILES string of the molecule is Cn1c(C(F)(F)F)nc2c1c(=O)n(CCCCl)c(=O)n2C. The fourth-order valence-electron chi connectivity index (χ4n) is 2.11. The zero-order valence-electron chi connectivity index (χ0n) is 11.2. The molecule has 2 rings (SSSR count). The molecule has 0 N–H and O–H groups in total. The molecule has 0 saturated carbocycles. The third-order valence-corrected chi connectivity index (χ3v) is 3.40. The summed E-state index contributed by atoms with van der Waals surface area (Å²) in [6.07, 6.45) is -4.36. The lowest BCUT2D eigenvalue weighted by Crippen LogP contribution is -2.39. The van der Waals surface area contributed by atoms with Crippen molar-refractivity contribution in [3.63, 3.8) is 0 Å². The molecule has 0 amide bonds. The maximum absolute atomic E-state index is 12.9. The predicted molar refractivity (Wildman–Crippen MR) is 70.6 cm³/mol. The van der Waals surface area contributed by atoms with Crippen molar-refractivity contribution >= 4 is 22.8 Å². The molecule has 0 aliphatic rings. The third-order valence-electron chi connectivity index (χ3n) is 3.13. The predicted octanol–water partition coefficient (Wildman–Crippen LogP) is 1.08. The first-order chi connectivity index (χ1) is 9.70. The van der Waals surface area contributed by atoms with Crippen molar-refractivity contribution in [2.24, 2.45) is 14.1 Å². The number of hydrogen-bond acceptors (Lipinski definition) is 3. The third kappa shape index (κ3) is 2.45. The molecular formula is C11H12ClF3N4O2. The highest BCUT2D eigenvalue weighted by Crippen LogP contribution is 2.29. The molecule has 116 valence electrons. The van der Waals surface area contributed by atoms with E-state index in [1.807, 2.05) is 0 Å². The number of imidazole rings is 1. The van der Waals surface area contributed by atoms with E-state index in [0.29, 0.717) is 11.0 Å². The van der Waals surface area contributed by atoms with Crippen molar-refractivity contribution in [2.45, 2.75) is 19.1 Å². The van der Waals surface area contributed by atoms with Gasteiger partial charge in [0.1, 0.15) is 0 Å². The first-order valence-corrected chi connectivity index (χ1v) is 6.53. The first kappa shape index (κ1) is 15.6. The van der Waals surface area contributed by atoms with Crippen molar-refractivity contribution in [1.29, 1.82) is 0 Å². The summed E-state index contributed by atoms with van der Waals surface area (Å²) in [6, 6.07) is 0. The zero-order chi connectivity index (χ0) is 15.9. The average Bonchev–Trinajstić information content (AvgIpc) is 2.74. The van der Waals surface area contributed by atoms with Gasteiger partial charge < -0.3 is 4.57 Å². The zero-order valence-corrected chi connectivity index (χ0v) is 12.0. The maximum Gasteiger partial charge on any atom is 0.449 e. The number of halogens is 4. The van der Waals surface area contributed by atoms with Crippen molar-refractivity contribution in [3.8, 4) is 0 Å². The van der Waals surface area contributed by atoms with Crippen molar-refractivity contribution < 1.29 is 13.2 Å². The standard InChI is InChI=1S/C11H12ClF3N4O2/c1-17-6-7(16-9(17)11(13,14)15)18(2)10(21)19(8(6)20)5-3-4-12/h3-5H2,1-2H3. The van der Waals surface area contributed by atoms with Crippen LogP contribution < -0.4 is 11.2 Å². The Morgan fingerprint density at radius 3 is 2.33 bits per heavy atom. The minimum atomic E-state index is -4.71. The van der Waals surface area contributed by atoms with Gasteiger partial charge in [0, 0.05) is 26.5 Å². The Labute approximate surface area is 121 Å². The molecule has 0 saturated heterocycles. The molecule has 6 nitrogen and oxygen atoms in total. The topological polar surface area (TPSA) is 61.8 Å². The van der Waals surface area contributed by atoms with Gasteiger partial charge in [0.05, 0.1) is 0 Å². The normalized spacial score (nSPS) is 12.3. The second kappa shape index (κ2) is 5.21. The van der Waals surface area contributed by atoms with Crippen LogP contribution in [0.5, 0.6) is 0 Å². The smallest absolute Gasteiger partial charge is 0.318 e. The number of aromatic nitrogens is 4. The van der Waals surface area contributed by atoms with Crippen molar-refractivity contribution in [3.05, 3.63) is 26.7 Å². The number of fused-ring (bicyclic) bond motifs is 1. The summed E-state index contributed by atoms with van der Waals surface area (Å²) in [6.45, 7) is 0.0392. The molecule has 0 aliphatic heterocycles. The number of rotatable bonds is 3. The molecule has 0 radical (unpaired) electrons. The van der Waals surface area contributed by atoms with Gasteiger partial charge >= 0.3 is 11.9 Å². The molecule has 0 bridgehead atoms. The van der Waals surface area contributed by atoms with Crippen LogP contribution in [0.2, 0.25) is 0 Å². The lowest BCUT2D eigenvalue weighted by atomic mass is 10.4. The van der Waals surface area contributed by atoms with Crippen molar-refractivity contribution in [1.82, 2.24) is 18.7 Å². The van der Waals surface area contributed by atoms with Crippen LogP contribution in [0.3, 0.4) is 0 Å². The molecule has 2 aromatic heterocycles. The van der Waals surface area contributed by atoms with E-state index in [1.165, 1.54) is 7.05 Å². The quantitative estimate of drug-likeness (QED) is 0.794. The molecule has 2 heterocycles. The molecule has 0 aromatic carbocycles. The van der Waals surface area contributed by atoms with Gasteiger partial charge in [0.25, 0.3) is 5.56 Å². The summed E-state index contributed by atoms with van der Waals surface area (Å²) in [5.74, 6) is -0.994. The summed E-state index contributed by atoms with van der Waals surface area (Å²) in [4.78, 5) is 27.7. The van der Waals surface area contributed by atoms with Crippen LogP contribution in [0, 0.1) is 0 Å². The largest absolute Gasteiger partial charge is 0.449 e. The fraction of sp³-hybridized carbons (Fsp3) is 0.545. The molecule has 0 atom stereocenters. The molecule has 2 aromatic rings. The molecule has 10 heteroatoms. The van der Waals surface area contributed by atoms with Crippen LogP contribution in [0.1, 0.15) is 12.2 Å². The van der Waals surface area contributed by atoms with E-state index >= 15 is 0 Å². The lowest BCUT2D eigenvalue weighted by Gasteiger charge is -2.08. The van der Waals surface area contributed by atoms with Gasteiger partial charge in [-0.3, -0.25) is 13.9 Å². The summed E-state index contributed by atoms with van der Waals surface area (Å²) in [5, 5.41) is 0. The second-order valence-corrected chi connectivity index (χ2v) is 4.88. The Bertz CT molecular complexity index is 803. The number of alkyl halides is 4. The van der Waals surface area contributed by atoms with E-state index in [0.717, 1.165) is 16.2 Å². The summed E-state index contributed by atoms with van der Waals surface area (Å²) < 4.78 is 41.0. The highest BCUT2D eigenvalue weighted by molar-refractivity contribution is 6.17. The molecule has 0 aliphatic carbocycles. The Morgan fingerprint density at radius 2 is 1.81 bits per heavy atom. The summed E-state index contributed by atoms with van der Waals surface area (Å²) in [5.41, 5.74) is -2.07. The van der Waals surface area contributed by atoms with Crippen LogP contribution in [0.15, 0.2) is 9.59 Å². The van der Waals surface area contributed by atoms with Gasteiger partial charge in [-0.05, 0) is 6.42 Å². The number of aryl methyl sites for hydroxylation is 2. The van der Waals surface area contributed by atoms with Crippen molar-refractivity contribution in [2.75, 3.05) is 5.88 Å². The second-order valence-electron chi connectivity index (χ2n) is 4.51. The molecule has 0 spiro atoms. The van der Waals surface area contributed by atoms with Gasteiger partial charge in [0.2, 0.25) is 5.82 Å². The van der Waals surface area contributed by atoms with Gasteiger partial charge in [-0.25, -0.2) is 9.78 Å². The highest BCUT2D eigenvalue weighted by atomic mass is 35.5. The van der Waals surface area contributed by atoms with Gasteiger partial charge in [-0.2, -0.15) is 13.2 Å². The average molecular weight is 325 g/mol. The fourth-order valence-corrected chi connectivity index (χ4v) is 2.23. The van der Waals surface area contributed by atoms with E-state index in [1.54, 1.807) is 0 Å². The first-order valence-electron chi connectivity index (χ1n) is 5.99. The van der Waals surface area contributed by atoms with E-state index in [4.69, 9.17) is 11.6 Å². The van der Waals surface area contributed by atoms with Crippen LogP contribution in [0.25, 0.3) is 11.2 Å². The van der Waals surface area contributed by atoms with Gasteiger partial charge in [0.15, 0.2) is 11.2 Å². The Kier molecular flexibility index (Phi) is 3.87. The Balaban J connectivity index is 2.87. The van der Waals surface area contributed by atoms with E-state index in [2.05, 4.69) is 4.98 Å². The van der Waals surface area contributed by atoms with Crippen LogP contribution >= 0.6 is 11.6 Å². The van der Waals surface area contributed by atoms with Crippen LogP contribution in [-0.4, -0.2) is 24.6 Å². The molecule has 21 heavy (non-hydrogen) atoms. The lowest BCUT2D eigenvalue weighted by molar-refractivity contribution is -0.146. The van der Waals surface area contributed by atoms with Gasteiger partial charge in [-0.1, -0.05) is 0 Å². The minimum Gasteiger partial charge on any atom is -0.318 e. The van der Waals surface area contributed by atoms with Crippen LogP contribution in [0.4, 0.5) is 13.2 Å². The van der Waals surface area contributed by atoms with E-state index < -0.39 is 23.2 Å². The van der Waals surface area contributed by atoms with Gasteiger partial charge in [-0.15, -0.1) is 11.6 Å². The summed E-state index contributed by atoms with van der Waals surface area (Å²) >= 11 is 5.52. The minimum absolute atomic E-state index is 0.0392. The Morgan fingerprint density at radius 1 is 1.19 bits per heavy atom. The summed E-state index contributed by atoms with van der Waals surface area (Å²) in [7, 11) is 2.37. The van der Waals surface area contributed by atoms with E-state index in [9.17, 15) is 22.8 Å². The number of hydrogen-bond donors (Lipinski definition) is 0. The van der Waals surface area contributed by atoms with Crippen LogP contribution in [-0.2, 0) is 26.8 Å². The van der Waals surface area contributed by atoms with E-state index in [-0.39, 0.29) is 23.6 Å². The highest BCUT2D eigenvalue weighted by Gasteiger charge is 2.38. The molecule has 0 fully saturated rings.